The molecular formula is C20H19ClN4O. The van der Waals surface area contributed by atoms with E-state index in [1.54, 1.807) is 18.3 Å². The minimum absolute atomic E-state index is 0.235. The zero-order chi connectivity index (χ0) is 18.5. The summed E-state index contributed by atoms with van der Waals surface area (Å²) in [5.41, 5.74) is 3.98. The van der Waals surface area contributed by atoms with Crippen molar-refractivity contribution in [2.45, 2.75) is 20.3 Å². The summed E-state index contributed by atoms with van der Waals surface area (Å²) in [4.78, 5) is 20.9. The van der Waals surface area contributed by atoms with Crippen molar-refractivity contribution in [2.24, 2.45) is 0 Å². The van der Waals surface area contributed by atoms with Crippen molar-refractivity contribution in [3.8, 4) is 0 Å². The lowest BCUT2D eigenvalue weighted by Crippen LogP contribution is -2.15. The van der Waals surface area contributed by atoms with Crippen molar-refractivity contribution in [1.82, 2.24) is 9.97 Å². The molecule has 0 saturated carbocycles. The molecule has 1 amide bonds. The third kappa shape index (κ3) is 4.18. The van der Waals surface area contributed by atoms with Gasteiger partial charge in [0.1, 0.15) is 11.5 Å². The van der Waals surface area contributed by atoms with Crippen LogP contribution >= 0.6 is 11.6 Å². The van der Waals surface area contributed by atoms with E-state index >= 15 is 0 Å². The first kappa shape index (κ1) is 17.9. The number of benzene rings is 2. The number of hydrogen-bond donors (Lipinski definition) is 2. The van der Waals surface area contributed by atoms with Crippen molar-refractivity contribution in [2.75, 3.05) is 10.6 Å². The maximum atomic E-state index is 12.4. The predicted octanol–water partition coefficient (Wildman–Crippen LogP) is 5.00. The van der Waals surface area contributed by atoms with Crippen LogP contribution < -0.4 is 10.6 Å². The highest BCUT2D eigenvalue weighted by atomic mass is 35.5. The summed E-state index contributed by atoms with van der Waals surface area (Å²) in [7, 11) is 0. The standard InChI is InChI=1S/C20H19ClN4O/c1-3-14-6-4-5-7-16(14)24-19-12-22-18(11-23-19)20(26)25-17-10-15(21)9-8-13(17)2/h4-12H,3H2,1-2H3,(H,23,24)(H,25,26). The maximum absolute atomic E-state index is 12.4. The Morgan fingerprint density at radius 2 is 1.88 bits per heavy atom. The van der Waals surface area contributed by atoms with Crippen molar-refractivity contribution in [3.63, 3.8) is 0 Å². The fourth-order valence-electron chi connectivity index (χ4n) is 2.51. The second-order valence-corrected chi connectivity index (χ2v) is 6.27. The Kier molecular flexibility index (Phi) is 5.49. The molecule has 0 fully saturated rings. The SMILES string of the molecule is CCc1ccccc1Nc1cnc(C(=O)Nc2cc(Cl)ccc2C)cn1. The predicted molar refractivity (Wildman–Crippen MR) is 105 cm³/mol. The van der Waals surface area contributed by atoms with Crippen molar-refractivity contribution in [3.05, 3.63) is 76.7 Å². The van der Waals surface area contributed by atoms with Crippen LogP contribution in [0.4, 0.5) is 17.2 Å². The largest absolute Gasteiger partial charge is 0.339 e. The van der Waals surface area contributed by atoms with Crippen LogP contribution in [-0.2, 0) is 6.42 Å². The first-order valence-corrected chi connectivity index (χ1v) is 8.69. The number of amides is 1. The number of nitrogens with zero attached hydrogens (tertiary/aromatic N) is 2. The molecule has 3 rings (SSSR count). The molecule has 132 valence electrons. The van der Waals surface area contributed by atoms with Crippen LogP contribution in [0.5, 0.6) is 0 Å². The summed E-state index contributed by atoms with van der Waals surface area (Å²) in [5.74, 6) is 0.254. The van der Waals surface area contributed by atoms with Crippen LogP contribution in [-0.4, -0.2) is 15.9 Å². The number of aromatic nitrogens is 2. The molecule has 2 aromatic carbocycles. The molecule has 0 saturated heterocycles. The molecule has 0 atom stereocenters. The number of rotatable bonds is 5. The lowest BCUT2D eigenvalue weighted by molar-refractivity contribution is 0.102. The van der Waals surface area contributed by atoms with E-state index in [-0.39, 0.29) is 11.6 Å². The molecule has 0 aliphatic carbocycles. The zero-order valence-corrected chi connectivity index (χ0v) is 15.3. The van der Waals surface area contributed by atoms with E-state index in [2.05, 4.69) is 33.6 Å². The monoisotopic (exact) mass is 366 g/mol. The fraction of sp³-hybridized carbons (Fsp3) is 0.150. The molecule has 1 aromatic heterocycles. The minimum atomic E-state index is -0.330. The van der Waals surface area contributed by atoms with Crippen molar-refractivity contribution < 1.29 is 4.79 Å². The highest BCUT2D eigenvalue weighted by molar-refractivity contribution is 6.31. The average molecular weight is 367 g/mol. The molecule has 0 radical (unpaired) electrons. The van der Waals surface area contributed by atoms with Gasteiger partial charge in [-0.1, -0.05) is 42.8 Å². The fourth-order valence-corrected chi connectivity index (χ4v) is 2.69. The van der Waals surface area contributed by atoms with E-state index in [0.29, 0.717) is 16.5 Å². The van der Waals surface area contributed by atoms with E-state index in [4.69, 9.17) is 11.6 Å². The number of halogens is 1. The molecule has 0 aliphatic rings. The molecule has 1 heterocycles. The van der Waals surface area contributed by atoms with Crippen LogP contribution in [0.3, 0.4) is 0 Å². The number of aryl methyl sites for hydroxylation is 2. The first-order valence-electron chi connectivity index (χ1n) is 8.31. The maximum Gasteiger partial charge on any atom is 0.275 e. The molecule has 5 nitrogen and oxygen atoms in total. The summed E-state index contributed by atoms with van der Waals surface area (Å²) in [5, 5.41) is 6.60. The number of hydrogen-bond acceptors (Lipinski definition) is 4. The lowest BCUT2D eigenvalue weighted by atomic mass is 10.1. The molecule has 26 heavy (non-hydrogen) atoms. The van der Waals surface area contributed by atoms with Crippen molar-refractivity contribution in [1.29, 1.82) is 0 Å². The van der Waals surface area contributed by atoms with E-state index in [0.717, 1.165) is 17.7 Å². The molecule has 0 aliphatic heterocycles. The number of carbonyl (C=O) groups is 1. The molecule has 0 spiro atoms. The Morgan fingerprint density at radius 1 is 1.08 bits per heavy atom. The zero-order valence-electron chi connectivity index (χ0n) is 14.6. The van der Waals surface area contributed by atoms with Gasteiger partial charge in [-0.15, -0.1) is 0 Å². The molecule has 3 aromatic rings. The molecular weight excluding hydrogens is 348 g/mol. The number of para-hydroxylation sites is 1. The van der Waals surface area contributed by atoms with Gasteiger partial charge in [0.25, 0.3) is 5.91 Å². The highest BCUT2D eigenvalue weighted by Crippen LogP contribution is 2.21. The average Bonchev–Trinajstić information content (AvgIpc) is 2.65. The van der Waals surface area contributed by atoms with Gasteiger partial charge in [-0.25, -0.2) is 9.97 Å². The van der Waals surface area contributed by atoms with Gasteiger partial charge in [-0.2, -0.15) is 0 Å². The minimum Gasteiger partial charge on any atom is -0.339 e. The summed E-state index contributed by atoms with van der Waals surface area (Å²) in [6.45, 7) is 3.99. The van der Waals surface area contributed by atoms with E-state index in [1.165, 1.54) is 11.8 Å². The third-order valence-electron chi connectivity index (χ3n) is 3.99. The van der Waals surface area contributed by atoms with Crippen LogP contribution in [0.15, 0.2) is 54.9 Å². The van der Waals surface area contributed by atoms with Gasteiger partial charge >= 0.3 is 0 Å². The van der Waals surface area contributed by atoms with Crippen LogP contribution in [0.25, 0.3) is 0 Å². The second-order valence-electron chi connectivity index (χ2n) is 5.84. The number of nitrogens with one attached hydrogen (secondary N) is 2. The first-order chi connectivity index (χ1) is 12.6. The smallest absolute Gasteiger partial charge is 0.275 e. The Morgan fingerprint density at radius 3 is 2.62 bits per heavy atom. The Balaban J connectivity index is 1.73. The molecule has 6 heteroatoms. The Labute approximate surface area is 157 Å². The quantitative estimate of drug-likeness (QED) is 0.667. The summed E-state index contributed by atoms with van der Waals surface area (Å²) >= 11 is 5.98. The van der Waals surface area contributed by atoms with Gasteiger partial charge in [0.05, 0.1) is 12.4 Å². The van der Waals surface area contributed by atoms with Gasteiger partial charge in [0, 0.05) is 16.4 Å². The highest BCUT2D eigenvalue weighted by Gasteiger charge is 2.11. The van der Waals surface area contributed by atoms with Crippen LogP contribution in [0.2, 0.25) is 5.02 Å². The third-order valence-corrected chi connectivity index (χ3v) is 4.23. The molecule has 0 unspecified atom stereocenters. The molecule has 0 bridgehead atoms. The topological polar surface area (TPSA) is 66.9 Å². The van der Waals surface area contributed by atoms with Gasteiger partial charge in [-0.3, -0.25) is 4.79 Å². The lowest BCUT2D eigenvalue weighted by Gasteiger charge is -2.11. The van der Waals surface area contributed by atoms with Gasteiger partial charge < -0.3 is 10.6 Å². The van der Waals surface area contributed by atoms with Gasteiger partial charge in [0.2, 0.25) is 0 Å². The van der Waals surface area contributed by atoms with Crippen LogP contribution in [0.1, 0.15) is 28.5 Å². The Bertz CT molecular complexity index is 925. The van der Waals surface area contributed by atoms with Gasteiger partial charge in [-0.05, 0) is 42.7 Å². The van der Waals surface area contributed by atoms with E-state index in [9.17, 15) is 4.79 Å². The van der Waals surface area contributed by atoms with E-state index < -0.39 is 0 Å². The van der Waals surface area contributed by atoms with E-state index in [1.807, 2.05) is 31.2 Å². The van der Waals surface area contributed by atoms with Crippen LogP contribution in [0, 0.1) is 6.92 Å². The number of anilines is 3. The number of carbonyl (C=O) groups excluding carboxylic acids is 1. The normalized spacial score (nSPS) is 10.4. The van der Waals surface area contributed by atoms with Crippen molar-refractivity contribution >= 4 is 34.7 Å². The molecule has 2 N–H and O–H groups in total. The van der Waals surface area contributed by atoms with Gasteiger partial charge in [0.15, 0.2) is 0 Å². The summed E-state index contributed by atoms with van der Waals surface area (Å²) in [6, 6.07) is 13.3. The second kappa shape index (κ2) is 7.97. The summed E-state index contributed by atoms with van der Waals surface area (Å²) < 4.78 is 0. The Hall–Kier alpha value is -2.92. The summed E-state index contributed by atoms with van der Waals surface area (Å²) in [6.07, 6.45) is 3.91.